The monoisotopic (exact) mass is 407 g/mol. The third-order valence-electron chi connectivity index (χ3n) is 3.73. The number of hydrogen-bond donors (Lipinski definition) is 3. The standard InChI is InChI=1S/C16H13N3O6S2/c1-19-12-7-4-10(15(22)23)8-13(12)26-16(19)17-18-27(24,25)11-5-2-9(3-6-11)14(20)21/h2-8,18H,1H3,(H,20,21)(H,22,23)/b17-16+. The first kappa shape index (κ1) is 18.6. The minimum absolute atomic E-state index is 0.0315. The molecule has 140 valence electrons. The topological polar surface area (TPSA) is 138 Å². The zero-order chi connectivity index (χ0) is 19.8. The van der Waals surface area contributed by atoms with Gasteiger partial charge in [0.1, 0.15) is 0 Å². The lowest BCUT2D eigenvalue weighted by Gasteiger charge is -2.03. The van der Waals surface area contributed by atoms with E-state index < -0.39 is 22.0 Å². The number of sulfonamides is 1. The first-order valence-electron chi connectivity index (χ1n) is 7.41. The average molecular weight is 407 g/mol. The van der Waals surface area contributed by atoms with Crippen molar-refractivity contribution < 1.29 is 28.2 Å². The van der Waals surface area contributed by atoms with Crippen molar-refractivity contribution in [1.29, 1.82) is 0 Å². The van der Waals surface area contributed by atoms with E-state index in [4.69, 9.17) is 10.2 Å². The molecule has 0 aliphatic carbocycles. The van der Waals surface area contributed by atoms with Gasteiger partial charge in [0.05, 0.1) is 26.2 Å². The Hall–Kier alpha value is -3.18. The van der Waals surface area contributed by atoms with Crippen molar-refractivity contribution in [3.8, 4) is 0 Å². The van der Waals surface area contributed by atoms with E-state index in [9.17, 15) is 18.0 Å². The molecule has 3 rings (SSSR count). The van der Waals surface area contributed by atoms with Gasteiger partial charge in [0.25, 0.3) is 10.0 Å². The Morgan fingerprint density at radius 1 is 1.04 bits per heavy atom. The van der Waals surface area contributed by atoms with Crippen molar-refractivity contribution in [1.82, 2.24) is 9.40 Å². The number of nitrogens with one attached hydrogen (secondary N) is 1. The lowest BCUT2D eigenvalue weighted by molar-refractivity contribution is 0.0686. The van der Waals surface area contributed by atoms with E-state index in [0.29, 0.717) is 15.0 Å². The van der Waals surface area contributed by atoms with Crippen LogP contribution in [0.5, 0.6) is 0 Å². The van der Waals surface area contributed by atoms with E-state index in [0.717, 1.165) is 11.3 Å². The SMILES string of the molecule is Cn1/c(=N\NS(=O)(=O)c2ccc(C(=O)O)cc2)sc2cc(C(=O)O)ccc21. The lowest BCUT2D eigenvalue weighted by atomic mass is 10.2. The highest BCUT2D eigenvalue weighted by molar-refractivity contribution is 7.89. The second kappa shape index (κ2) is 6.85. The number of carbonyl (C=O) groups is 2. The van der Waals surface area contributed by atoms with E-state index in [-0.39, 0.29) is 16.0 Å². The summed E-state index contributed by atoms with van der Waals surface area (Å²) in [5, 5.41) is 21.8. The highest BCUT2D eigenvalue weighted by Gasteiger charge is 2.14. The Morgan fingerprint density at radius 3 is 2.22 bits per heavy atom. The van der Waals surface area contributed by atoms with Crippen molar-refractivity contribution in [2.45, 2.75) is 4.90 Å². The number of nitrogens with zero attached hydrogens (tertiary/aromatic N) is 2. The lowest BCUT2D eigenvalue weighted by Crippen LogP contribution is -2.23. The Bertz CT molecular complexity index is 1220. The molecule has 0 radical (unpaired) electrons. The van der Waals surface area contributed by atoms with Gasteiger partial charge in [-0.3, -0.25) is 0 Å². The molecule has 0 atom stereocenters. The molecule has 0 unspecified atom stereocenters. The molecule has 0 spiro atoms. The molecule has 0 fully saturated rings. The summed E-state index contributed by atoms with van der Waals surface area (Å²) in [6, 6.07) is 9.27. The summed E-state index contributed by atoms with van der Waals surface area (Å²) in [5.41, 5.74) is 0.791. The van der Waals surface area contributed by atoms with Crippen molar-refractivity contribution in [3.63, 3.8) is 0 Å². The molecule has 0 amide bonds. The molecule has 1 heterocycles. The molecule has 3 aromatic rings. The van der Waals surface area contributed by atoms with Gasteiger partial charge in [-0.15, -0.1) is 5.10 Å². The minimum atomic E-state index is -3.99. The van der Waals surface area contributed by atoms with E-state index >= 15 is 0 Å². The van der Waals surface area contributed by atoms with E-state index in [1.807, 2.05) is 0 Å². The maximum absolute atomic E-state index is 12.3. The number of benzene rings is 2. The van der Waals surface area contributed by atoms with Crippen LogP contribution in [-0.2, 0) is 17.1 Å². The molecule has 0 aliphatic heterocycles. The Morgan fingerprint density at radius 2 is 1.63 bits per heavy atom. The first-order valence-corrected chi connectivity index (χ1v) is 9.71. The first-order chi connectivity index (χ1) is 12.7. The van der Waals surface area contributed by atoms with Gasteiger partial charge >= 0.3 is 11.9 Å². The smallest absolute Gasteiger partial charge is 0.335 e. The van der Waals surface area contributed by atoms with Crippen LogP contribution in [0, 0.1) is 0 Å². The van der Waals surface area contributed by atoms with Crippen molar-refractivity contribution in [2.24, 2.45) is 12.1 Å². The predicted octanol–water partition coefficient (Wildman–Crippen LogP) is 1.43. The van der Waals surface area contributed by atoms with E-state index in [1.165, 1.54) is 36.4 Å². The number of hydrogen-bond acceptors (Lipinski definition) is 6. The summed E-state index contributed by atoms with van der Waals surface area (Å²) >= 11 is 1.13. The molecule has 2 aromatic carbocycles. The molecule has 0 bridgehead atoms. The van der Waals surface area contributed by atoms with Crippen LogP contribution in [0.3, 0.4) is 0 Å². The second-order valence-corrected chi connectivity index (χ2v) is 8.14. The quantitative estimate of drug-likeness (QED) is 0.547. The summed E-state index contributed by atoms with van der Waals surface area (Å²) in [6.07, 6.45) is 0. The van der Waals surface area contributed by atoms with Gasteiger partial charge in [-0.05, 0) is 42.5 Å². The average Bonchev–Trinajstić information content (AvgIpc) is 2.95. The maximum Gasteiger partial charge on any atom is 0.335 e. The van der Waals surface area contributed by atoms with Crippen LogP contribution in [-0.4, -0.2) is 35.1 Å². The third-order valence-corrected chi connectivity index (χ3v) is 6.05. The van der Waals surface area contributed by atoms with Crippen molar-refractivity contribution in [2.75, 3.05) is 0 Å². The van der Waals surface area contributed by atoms with Crippen LogP contribution in [0.25, 0.3) is 10.2 Å². The molecule has 0 aliphatic rings. The fraction of sp³-hybridized carbons (Fsp3) is 0.0625. The molecular weight excluding hydrogens is 394 g/mol. The molecule has 27 heavy (non-hydrogen) atoms. The number of carboxylic acid groups (broad SMARTS) is 2. The van der Waals surface area contributed by atoms with Crippen molar-refractivity contribution in [3.05, 3.63) is 58.4 Å². The van der Waals surface area contributed by atoms with Gasteiger partial charge in [-0.1, -0.05) is 11.3 Å². The number of carboxylic acids is 2. The van der Waals surface area contributed by atoms with Gasteiger partial charge in [0.2, 0.25) is 4.80 Å². The summed E-state index contributed by atoms with van der Waals surface area (Å²) in [6.45, 7) is 0. The van der Waals surface area contributed by atoms with Gasteiger partial charge < -0.3 is 14.8 Å². The molecule has 9 nitrogen and oxygen atoms in total. The maximum atomic E-state index is 12.3. The number of aryl methyl sites for hydroxylation is 1. The highest BCUT2D eigenvalue weighted by atomic mass is 32.2. The van der Waals surface area contributed by atoms with Gasteiger partial charge in [0.15, 0.2) is 0 Å². The molecule has 0 saturated carbocycles. The van der Waals surface area contributed by atoms with Crippen LogP contribution in [0.4, 0.5) is 0 Å². The molecule has 3 N–H and O–H groups in total. The van der Waals surface area contributed by atoms with Gasteiger partial charge in [0, 0.05) is 7.05 Å². The fourth-order valence-corrected chi connectivity index (χ4v) is 4.19. The number of aromatic carboxylic acids is 2. The fourth-order valence-electron chi connectivity index (χ4n) is 2.30. The summed E-state index contributed by atoms with van der Waals surface area (Å²) in [4.78, 5) is 24.2. The van der Waals surface area contributed by atoms with Crippen LogP contribution in [0.2, 0.25) is 0 Å². The third kappa shape index (κ3) is 3.68. The molecule has 1 aromatic heterocycles. The largest absolute Gasteiger partial charge is 0.478 e. The van der Waals surface area contributed by atoms with Crippen molar-refractivity contribution >= 4 is 43.5 Å². The van der Waals surface area contributed by atoms with Crippen LogP contribution < -0.4 is 9.63 Å². The van der Waals surface area contributed by atoms with E-state index in [2.05, 4.69) is 9.93 Å². The van der Waals surface area contributed by atoms with Crippen LogP contribution in [0.15, 0.2) is 52.5 Å². The number of fused-ring (bicyclic) bond motifs is 1. The number of thiazole rings is 1. The molecule has 0 saturated heterocycles. The normalized spacial score (nSPS) is 12.3. The van der Waals surface area contributed by atoms with Crippen LogP contribution in [0.1, 0.15) is 20.7 Å². The van der Waals surface area contributed by atoms with Crippen LogP contribution >= 0.6 is 11.3 Å². The van der Waals surface area contributed by atoms with E-state index in [1.54, 1.807) is 17.7 Å². The summed E-state index contributed by atoms with van der Waals surface area (Å²) in [5.74, 6) is -2.22. The number of rotatable bonds is 5. The molecular formula is C16H13N3O6S2. The van der Waals surface area contributed by atoms with Gasteiger partial charge in [-0.25, -0.2) is 9.59 Å². The Labute approximate surface area is 156 Å². The number of aromatic nitrogens is 1. The van der Waals surface area contributed by atoms with Gasteiger partial charge in [-0.2, -0.15) is 13.2 Å². The molecule has 11 heteroatoms. The zero-order valence-electron chi connectivity index (χ0n) is 13.8. The zero-order valence-corrected chi connectivity index (χ0v) is 15.4. The highest BCUT2D eigenvalue weighted by Crippen LogP contribution is 2.18. The summed E-state index contributed by atoms with van der Waals surface area (Å²) < 4.78 is 26.9. The predicted molar refractivity (Wildman–Crippen MR) is 97.0 cm³/mol. The Kier molecular flexibility index (Phi) is 4.72. The second-order valence-electron chi connectivity index (χ2n) is 5.47. The Balaban J connectivity index is 1.95. The summed E-state index contributed by atoms with van der Waals surface area (Å²) in [7, 11) is -2.31. The minimum Gasteiger partial charge on any atom is -0.478 e.